The molecule has 0 radical (unpaired) electrons. The summed E-state index contributed by atoms with van der Waals surface area (Å²) >= 11 is 1.34. The summed E-state index contributed by atoms with van der Waals surface area (Å²) < 4.78 is 0. The number of aromatic hydroxyl groups is 1. The lowest BCUT2D eigenvalue weighted by molar-refractivity contribution is -0.385. The number of phenols is 1. The van der Waals surface area contributed by atoms with Crippen LogP contribution in [0, 0.1) is 10.1 Å². The average molecular weight is 299 g/mol. The topological polar surface area (TPSA) is 80.4 Å². The lowest BCUT2D eigenvalue weighted by Crippen LogP contribution is -1.94. The van der Waals surface area contributed by atoms with Gasteiger partial charge in [0, 0.05) is 16.5 Å². The van der Waals surface area contributed by atoms with Gasteiger partial charge in [-0.05, 0) is 29.8 Å². The number of carbonyl (C=O) groups is 1. The molecule has 1 heterocycles. The molecule has 0 amide bonds. The van der Waals surface area contributed by atoms with Crippen molar-refractivity contribution in [3.8, 4) is 5.75 Å². The fourth-order valence-electron chi connectivity index (χ4n) is 2.06. The van der Waals surface area contributed by atoms with E-state index in [-0.39, 0.29) is 11.5 Å². The van der Waals surface area contributed by atoms with E-state index in [2.05, 4.69) is 0 Å². The molecule has 1 N–H and O–H groups in total. The van der Waals surface area contributed by atoms with E-state index in [1.807, 2.05) is 12.1 Å². The number of phenolic OH excluding ortho intramolecular Hbond substituents is 1. The number of rotatable bonds is 2. The van der Waals surface area contributed by atoms with Crippen molar-refractivity contribution in [2.75, 3.05) is 0 Å². The number of fused-ring (bicyclic) bond motifs is 1. The minimum absolute atomic E-state index is 0.0914. The third-order valence-electron chi connectivity index (χ3n) is 3.07. The molecule has 6 heteroatoms. The molecule has 3 rings (SSSR count). The SMILES string of the molecule is O=C1/C(=C\c2ccc(O)c([N+](=O)[O-])c2)Sc2ccccc21. The van der Waals surface area contributed by atoms with Gasteiger partial charge in [0.2, 0.25) is 5.78 Å². The first-order valence-corrected chi connectivity index (χ1v) is 6.88. The van der Waals surface area contributed by atoms with Crippen molar-refractivity contribution in [3.05, 3.63) is 68.6 Å². The van der Waals surface area contributed by atoms with E-state index in [4.69, 9.17) is 0 Å². The second kappa shape index (κ2) is 5.06. The Kier molecular flexibility index (Phi) is 3.23. The molecule has 0 saturated heterocycles. The number of nitro groups is 1. The van der Waals surface area contributed by atoms with Crippen LogP contribution >= 0.6 is 11.8 Å². The van der Waals surface area contributed by atoms with E-state index in [9.17, 15) is 20.0 Å². The highest BCUT2D eigenvalue weighted by Gasteiger charge is 2.25. The Labute approximate surface area is 124 Å². The second-order valence-corrected chi connectivity index (χ2v) is 5.52. The highest BCUT2D eigenvalue weighted by Crippen LogP contribution is 2.41. The second-order valence-electron chi connectivity index (χ2n) is 4.44. The monoisotopic (exact) mass is 299 g/mol. The van der Waals surface area contributed by atoms with Gasteiger partial charge in [-0.1, -0.05) is 30.0 Å². The third kappa shape index (κ3) is 2.41. The summed E-state index contributed by atoms with van der Waals surface area (Å²) in [6.07, 6.45) is 1.60. The van der Waals surface area contributed by atoms with Crippen LogP contribution in [0.1, 0.15) is 15.9 Å². The molecule has 0 atom stereocenters. The maximum absolute atomic E-state index is 12.2. The Balaban J connectivity index is 2.00. The number of Topliss-reactive ketones (excluding diaryl/α,β-unsaturated/α-hetero) is 1. The van der Waals surface area contributed by atoms with E-state index in [0.717, 1.165) is 4.90 Å². The van der Waals surface area contributed by atoms with Crippen LogP contribution < -0.4 is 0 Å². The van der Waals surface area contributed by atoms with Crippen molar-refractivity contribution in [2.24, 2.45) is 0 Å². The largest absolute Gasteiger partial charge is 0.502 e. The smallest absolute Gasteiger partial charge is 0.311 e. The number of hydrogen-bond donors (Lipinski definition) is 1. The molecule has 2 aromatic rings. The fraction of sp³-hybridized carbons (Fsp3) is 0. The van der Waals surface area contributed by atoms with E-state index >= 15 is 0 Å². The lowest BCUT2D eigenvalue weighted by atomic mass is 10.1. The normalized spacial score (nSPS) is 15.2. The quantitative estimate of drug-likeness (QED) is 0.520. The molecule has 0 saturated carbocycles. The molecule has 0 unspecified atom stereocenters. The molecule has 1 aliphatic rings. The van der Waals surface area contributed by atoms with Crippen LogP contribution in [-0.2, 0) is 0 Å². The first-order valence-electron chi connectivity index (χ1n) is 6.07. The third-order valence-corrected chi connectivity index (χ3v) is 4.17. The van der Waals surface area contributed by atoms with Crippen LogP contribution in [0.25, 0.3) is 6.08 Å². The van der Waals surface area contributed by atoms with Gasteiger partial charge in [-0.2, -0.15) is 0 Å². The summed E-state index contributed by atoms with van der Waals surface area (Å²) in [6, 6.07) is 11.3. The zero-order chi connectivity index (χ0) is 15.0. The Morgan fingerprint density at radius 3 is 2.67 bits per heavy atom. The van der Waals surface area contributed by atoms with E-state index in [1.54, 1.807) is 18.2 Å². The number of ketones is 1. The molecule has 5 nitrogen and oxygen atoms in total. The van der Waals surface area contributed by atoms with Gasteiger partial charge in [0.1, 0.15) is 0 Å². The van der Waals surface area contributed by atoms with E-state index < -0.39 is 10.7 Å². The average Bonchev–Trinajstić information content (AvgIpc) is 2.78. The Morgan fingerprint density at radius 1 is 1.19 bits per heavy atom. The predicted molar refractivity (Wildman–Crippen MR) is 79.4 cm³/mol. The van der Waals surface area contributed by atoms with Gasteiger partial charge in [0.15, 0.2) is 5.75 Å². The summed E-state index contributed by atoms with van der Waals surface area (Å²) in [4.78, 5) is 23.8. The molecule has 0 aliphatic carbocycles. The summed E-state index contributed by atoms with van der Waals surface area (Å²) in [5.41, 5.74) is 0.766. The van der Waals surface area contributed by atoms with Crippen LogP contribution in [0.5, 0.6) is 5.75 Å². The summed E-state index contributed by atoms with van der Waals surface area (Å²) in [5, 5.41) is 20.2. The molecule has 0 spiro atoms. The standard InChI is InChI=1S/C15H9NO4S/c17-12-6-5-9(7-11(12)16(19)20)8-14-15(18)10-3-1-2-4-13(10)21-14/h1-8,17H/b14-8+. The van der Waals surface area contributed by atoms with Crippen molar-refractivity contribution in [2.45, 2.75) is 4.90 Å². The molecular formula is C15H9NO4S. The Morgan fingerprint density at radius 2 is 1.95 bits per heavy atom. The molecule has 2 aromatic carbocycles. The maximum Gasteiger partial charge on any atom is 0.311 e. The van der Waals surface area contributed by atoms with Crippen LogP contribution in [0.15, 0.2) is 52.3 Å². The lowest BCUT2D eigenvalue weighted by Gasteiger charge is -1.99. The maximum atomic E-state index is 12.2. The van der Waals surface area contributed by atoms with E-state index in [1.165, 1.54) is 30.0 Å². The highest BCUT2D eigenvalue weighted by atomic mass is 32.2. The Bertz CT molecular complexity index is 798. The summed E-state index contributed by atoms with van der Waals surface area (Å²) in [7, 11) is 0. The number of nitro benzene ring substituents is 1. The number of nitrogens with zero attached hydrogens (tertiary/aromatic N) is 1. The molecule has 0 fully saturated rings. The highest BCUT2D eigenvalue weighted by molar-refractivity contribution is 8.04. The summed E-state index contributed by atoms with van der Waals surface area (Å²) in [5.74, 6) is -0.484. The van der Waals surface area contributed by atoms with Gasteiger partial charge in [0.05, 0.1) is 9.83 Å². The zero-order valence-corrected chi connectivity index (χ0v) is 11.5. The molecule has 0 aromatic heterocycles. The number of hydrogen-bond acceptors (Lipinski definition) is 5. The molecular weight excluding hydrogens is 290 g/mol. The van der Waals surface area contributed by atoms with Crippen molar-refractivity contribution >= 4 is 29.3 Å². The van der Waals surface area contributed by atoms with Crippen LogP contribution in [0.4, 0.5) is 5.69 Å². The van der Waals surface area contributed by atoms with Gasteiger partial charge in [-0.3, -0.25) is 14.9 Å². The number of benzene rings is 2. The predicted octanol–water partition coefficient (Wildman–Crippen LogP) is 3.63. The van der Waals surface area contributed by atoms with Crippen molar-refractivity contribution < 1.29 is 14.8 Å². The van der Waals surface area contributed by atoms with Crippen LogP contribution in [-0.4, -0.2) is 15.8 Å². The first kappa shape index (κ1) is 13.4. The van der Waals surface area contributed by atoms with Crippen molar-refractivity contribution in [3.63, 3.8) is 0 Å². The zero-order valence-electron chi connectivity index (χ0n) is 10.6. The van der Waals surface area contributed by atoms with Crippen LogP contribution in [0.3, 0.4) is 0 Å². The van der Waals surface area contributed by atoms with Gasteiger partial charge in [-0.15, -0.1) is 0 Å². The van der Waals surface area contributed by atoms with Crippen LogP contribution in [0.2, 0.25) is 0 Å². The van der Waals surface area contributed by atoms with Gasteiger partial charge in [-0.25, -0.2) is 0 Å². The van der Waals surface area contributed by atoms with E-state index in [0.29, 0.717) is 16.0 Å². The minimum atomic E-state index is -0.657. The van der Waals surface area contributed by atoms with Crippen molar-refractivity contribution in [1.29, 1.82) is 0 Å². The van der Waals surface area contributed by atoms with Gasteiger partial charge >= 0.3 is 5.69 Å². The molecule has 104 valence electrons. The molecule has 0 bridgehead atoms. The minimum Gasteiger partial charge on any atom is -0.502 e. The molecule has 1 aliphatic heterocycles. The number of thioether (sulfide) groups is 1. The first-order chi connectivity index (χ1) is 10.1. The van der Waals surface area contributed by atoms with Gasteiger partial charge < -0.3 is 5.11 Å². The molecule has 21 heavy (non-hydrogen) atoms. The number of carbonyl (C=O) groups excluding carboxylic acids is 1. The summed E-state index contributed by atoms with van der Waals surface area (Å²) in [6.45, 7) is 0. The Hall–Kier alpha value is -2.60. The van der Waals surface area contributed by atoms with Crippen molar-refractivity contribution in [1.82, 2.24) is 0 Å². The van der Waals surface area contributed by atoms with Gasteiger partial charge in [0.25, 0.3) is 0 Å². The number of allylic oxidation sites excluding steroid dienone is 1. The fourth-order valence-corrected chi connectivity index (χ4v) is 3.12.